The molecule has 1 saturated heterocycles. The number of carbonyl (C=O) groups is 1. The van der Waals surface area contributed by atoms with Gasteiger partial charge in [-0.15, -0.1) is 0 Å². The Bertz CT molecular complexity index is 938. The summed E-state index contributed by atoms with van der Waals surface area (Å²) in [6, 6.07) is 19.4. The second kappa shape index (κ2) is 10.5. The molecule has 1 atom stereocenters. The Hall–Kier alpha value is -2.48. The highest BCUT2D eigenvalue weighted by atomic mass is 32.2. The largest absolute Gasteiger partial charge is 0.354 e. The first-order chi connectivity index (χ1) is 14.4. The van der Waals surface area contributed by atoms with Crippen LogP contribution in [0.25, 0.3) is 6.08 Å². The minimum absolute atomic E-state index is 0.0296. The lowest BCUT2D eigenvalue weighted by Gasteiger charge is -2.32. The summed E-state index contributed by atoms with van der Waals surface area (Å²) in [6.07, 6.45) is 1.61. The van der Waals surface area contributed by atoms with Crippen LogP contribution >= 0.6 is 0 Å². The zero-order valence-corrected chi connectivity index (χ0v) is 18.1. The van der Waals surface area contributed by atoms with Crippen LogP contribution in [-0.2, 0) is 14.8 Å². The molecule has 0 aliphatic carbocycles. The van der Waals surface area contributed by atoms with Crippen LogP contribution in [0, 0.1) is 0 Å². The molecule has 1 fully saturated rings. The second-order valence-corrected chi connectivity index (χ2v) is 9.37. The first-order valence-electron chi connectivity index (χ1n) is 10.2. The summed E-state index contributed by atoms with van der Waals surface area (Å²) >= 11 is 0. The highest BCUT2D eigenvalue weighted by Crippen LogP contribution is 2.14. The van der Waals surface area contributed by atoms with Crippen LogP contribution < -0.4 is 5.32 Å². The van der Waals surface area contributed by atoms with E-state index in [0.717, 1.165) is 5.56 Å². The number of rotatable bonds is 8. The molecule has 0 bridgehead atoms. The summed E-state index contributed by atoms with van der Waals surface area (Å²) in [4.78, 5) is 14.3. The van der Waals surface area contributed by atoms with Crippen molar-refractivity contribution in [2.75, 3.05) is 39.3 Å². The quantitative estimate of drug-likeness (QED) is 0.703. The third-order valence-corrected chi connectivity index (χ3v) is 6.83. The van der Waals surface area contributed by atoms with Gasteiger partial charge in [-0.05, 0) is 23.1 Å². The molecule has 1 aliphatic heterocycles. The van der Waals surface area contributed by atoms with Gasteiger partial charge in [0.15, 0.2) is 0 Å². The molecule has 0 radical (unpaired) electrons. The molecule has 1 amide bonds. The van der Waals surface area contributed by atoms with E-state index in [2.05, 4.69) is 24.4 Å². The van der Waals surface area contributed by atoms with Crippen molar-refractivity contribution in [3.8, 4) is 0 Å². The summed E-state index contributed by atoms with van der Waals surface area (Å²) in [5.74, 6) is 0.214. The summed E-state index contributed by atoms with van der Waals surface area (Å²) in [5, 5.41) is 4.24. The highest BCUT2D eigenvalue weighted by molar-refractivity contribution is 7.92. The van der Waals surface area contributed by atoms with Crippen LogP contribution in [0.2, 0.25) is 0 Å². The van der Waals surface area contributed by atoms with Gasteiger partial charge in [0.25, 0.3) is 0 Å². The van der Waals surface area contributed by atoms with E-state index in [-0.39, 0.29) is 18.4 Å². The van der Waals surface area contributed by atoms with E-state index >= 15 is 0 Å². The van der Waals surface area contributed by atoms with E-state index in [1.165, 1.54) is 15.3 Å². The Labute approximate surface area is 179 Å². The van der Waals surface area contributed by atoms with Crippen molar-refractivity contribution < 1.29 is 13.2 Å². The number of amides is 1. The van der Waals surface area contributed by atoms with Gasteiger partial charge in [0.05, 0.1) is 6.54 Å². The topological polar surface area (TPSA) is 69.7 Å². The lowest BCUT2D eigenvalue weighted by atomic mass is 10.0. The first-order valence-corrected chi connectivity index (χ1v) is 11.7. The number of benzene rings is 2. The minimum Gasteiger partial charge on any atom is -0.354 e. The van der Waals surface area contributed by atoms with Crippen LogP contribution in [-0.4, -0.2) is 62.8 Å². The zero-order chi connectivity index (χ0) is 21.4. The highest BCUT2D eigenvalue weighted by Gasteiger charge is 2.26. The SMILES string of the molecule is C[C@H](CNC(=O)CN1CCN(S(=O)(=O)/C=C/c2ccccc2)CC1)c1ccccc1. The van der Waals surface area contributed by atoms with Crippen molar-refractivity contribution in [2.24, 2.45) is 0 Å². The Morgan fingerprint density at radius 2 is 1.60 bits per heavy atom. The second-order valence-electron chi connectivity index (χ2n) is 7.55. The summed E-state index contributed by atoms with van der Waals surface area (Å²) in [5.41, 5.74) is 2.04. The van der Waals surface area contributed by atoms with Gasteiger partial charge >= 0.3 is 0 Å². The van der Waals surface area contributed by atoms with Gasteiger partial charge in [0.1, 0.15) is 0 Å². The molecule has 7 heteroatoms. The van der Waals surface area contributed by atoms with E-state index in [4.69, 9.17) is 0 Å². The molecule has 0 aromatic heterocycles. The summed E-state index contributed by atoms with van der Waals surface area (Å²) < 4.78 is 26.6. The lowest BCUT2D eigenvalue weighted by molar-refractivity contribution is -0.122. The monoisotopic (exact) mass is 427 g/mol. The molecule has 0 spiro atoms. The van der Waals surface area contributed by atoms with E-state index in [1.54, 1.807) is 6.08 Å². The van der Waals surface area contributed by atoms with Crippen molar-refractivity contribution in [3.63, 3.8) is 0 Å². The van der Waals surface area contributed by atoms with Gasteiger partial charge < -0.3 is 5.32 Å². The van der Waals surface area contributed by atoms with Crippen LogP contribution in [0.15, 0.2) is 66.1 Å². The smallest absolute Gasteiger partial charge is 0.236 e. The fourth-order valence-corrected chi connectivity index (χ4v) is 4.56. The van der Waals surface area contributed by atoms with Gasteiger partial charge in [-0.3, -0.25) is 9.69 Å². The fraction of sp³-hybridized carbons (Fsp3) is 0.348. The standard InChI is InChI=1S/C23H29N3O3S/c1-20(22-10-6-3-7-11-22)18-24-23(27)19-25-13-15-26(16-14-25)30(28,29)17-12-21-8-4-2-5-9-21/h2-12,17,20H,13-16,18-19H2,1H3,(H,24,27)/b17-12+/t20-/m1/s1. The molecule has 30 heavy (non-hydrogen) atoms. The van der Waals surface area contributed by atoms with E-state index in [0.29, 0.717) is 32.7 Å². The van der Waals surface area contributed by atoms with Crippen molar-refractivity contribution in [1.29, 1.82) is 0 Å². The number of piperazine rings is 1. The van der Waals surface area contributed by atoms with Gasteiger partial charge in [-0.1, -0.05) is 67.6 Å². The molecule has 6 nitrogen and oxygen atoms in total. The molecule has 0 saturated carbocycles. The van der Waals surface area contributed by atoms with Crippen molar-refractivity contribution in [3.05, 3.63) is 77.2 Å². The van der Waals surface area contributed by atoms with Crippen molar-refractivity contribution in [2.45, 2.75) is 12.8 Å². The maximum Gasteiger partial charge on any atom is 0.236 e. The predicted molar refractivity (Wildman–Crippen MR) is 120 cm³/mol. The molecule has 1 heterocycles. The van der Waals surface area contributed by atoms with Crippen LogP contribution in [0.4, 0.5) is 0 Å². The number of hydrogen-bond donors (Lipinski definition) is 1. The Morgan fingerprint density at radius 1 is 1.00 bits per heavy atom. The van der Waals surface area contributed by atoms with Gasteiger partial charge in [-0.25, -0.2) is 8.42 Å². The molecule has 2 aromatic carbocycles. The molecule has 0 unspecified atom stereocenters. The van der Waals surface area contributed by atoms with Crippen LogP contribution in [0.1, 0.15) is 24.0 Å². The number of nitrogens with zero attached hydrogens (tertiary/aromatic N) is 2. The average molecular weight is 428 g/mol. The van der Waals surface area contributed by atoms with E-state index < -0.39 is 10.0 Å². The molecule has 3 rings (SSSR count). The van der Waals surface area contributed by atoms with Gasteiger partial charge in [-0.2, -0.15) is 4.31 Å². The number of hydrogen-bond acceptors (Lipinski definition) is 4. The number of carbonyl (C=O) groups excluding carboxylic acids is 1. The zero-order valence-electron chi connectivity index (χ0n) is 17.3. The number of nitrogens with one attached hydrogen (secondary N) is 1. The Kier molecular flexibility index (Phi) is 7.79. The van der Waals surface area contributed by atoms with Gasteiger partial charge in [0, 0.05) is 38.1 Å². The molecular weight excluding hydrogens is 398 g/mol. The van der Waals surface area contributed by atoms with E-state index in [9.17, 15) is 13.2 Å². The molecule has 1 aliphatic rings. The third-order valence-electron chi connectivity index (χ3n) is 5.26. The minimum atomic E-state index is -3.46. The van der Waals surface area contributed by atoms with Crippen LogP contribution in [0.3, 0.4) is 0 Å². The van der Waals surface area contributed by atoms with Crippen molar-refractivity contribution >= 4 is 22.0 Å². The van der Waals surface area contributed by atoms with Crippen LogP contribution in [0.5, 0.6) is 0 Å². The molecular formula is C23H29N3O3S. The predicted octanol–water partition coefficient (Wildman–Crippen LogP) is 2.52. The molecule has 2 aromatic rings. The first kappa shape index (κ1) is 22.2. The maximum atomic E-state index is 12.5. The molecule has 160 valence electrons. The summed E-state index contributed by atoms with van der Waals surface area (Å²) in [7, 11) is -3.46. The van der Waals surface area contributed by atoms with E-state index in [1.807, 2.05) is 53.4 Å². The third kappa shape index (κ3) is 6.52. The lowest BCUT2D eigenvalue weighted by Crippen LogP contribution is -2.50. The molecule has 1 N–H and O–H groups in total. The fourth-order valence-electron chi connectivity index (χ4n) is 3.38. The summed E-state index contributed by atoms with van der Waals surface area (Å²) in [6.45, 7) is 4.81. The Balaban J connectivity index is 1.42. The number of sulfonamides is 1. The van der Waals surface area contributed by atoms with Gasteiger partial charge in [0.2, 0.25) is 15.9 Å². The Morgan fingerprint density at radius 3 is 2.23 bits per heavy atom. The maximum absolute atomic E-state index is 12.5. The normalized spacial score (nSPS) is 17.1. The average Bonchev–Trinajstić information content (AvgIpc) is 2.78. The van der Waals surface area contributed by atoms with Crippen molar-refractivity contribution in [1.82, 2.24) is 14.5 Å².